The Morgan fingerprint density at radius 3 is 2.83 bits per heavy atom. The molecule has 0 saturated heterocycles. The maximum Gasteiger partial charge on any atom is 0.360 e. The van der Waals surface area contributed by atoms with Crippen molar-refractivity contribution in [1.82, 2.24) is 19.3 Å². The van der Waals surface area contributed by atoms with Gasteiger partial charge in [0.25, 0.3) is 0 Å². The number of hydrogen-bond acceptors (Lipinski definition) is 5. The molecule has 7 heteroatoms. The van der Waals surface area contributed by atoms with E-state index < -0.39 is 5.97 Å². The zero-order chi connectivity index (χ0) is 13.3. The highest BCUT2D eigenvalue weighted by atomic mass is 16.5. The van der Waals surface area contributed by atoms with E-state index in [0.717, 1.165) is 11.3 Å². The Bertz CT molecular complexity index is 584. The molecule has 2 heterocycles. The van der Waals surface area contributed by atoms with E-state index in [4.69, 9.17) is 5.73 Å². The molecule has 0 aliphatic rings. The number of imidazole rings is 1. The fraction of sp³-hybridized carbons (Fsp3) is 0.364. The van der Waals surface area contributed by atoms with E-state index in [9.17, 15) is 4.79 Å². The zero-order valence-corrected chi connectivity index (χ0v) is 10.5. The second-order valence-corrected chi connectivity index (χ2v) is 4.01. The van der Waals surface area contributed by atoms with Crippen molar-refractivity contribution in [3.8, 4) is 0 Å². The third-order valence-electron chi connectivity index (χ3n) is 2.71. The summed E-state index contributed by atoms with van der Waals surface area (Å²) in [5.74, 6) is -0.237. The summed E-state index contributed by atoms with van der Waals surface area (Å²) in [5, 5.41) is 4.25. The van der Waals surface area contributed by atoms with Crippen molar-refractivity contribution in [1.29, 1.82) is 0 Å². The number of nitrogens with two attached hydrogens (primary N) is 1. The number of anilines is 1. The van der Waals surface area contributed by atoms with E-state index in [2.05, 4.69) is 14.8 Å². The van der Waals surface area contributed by atoms with Crippen molar-refractivity contribution in [3.05, 3.63) is 29.5 Å². The van der Waals surface area contributed by atoms with Crippen LogP contribution in [0, 0.1) is 6.92 Å². The maximum absolute atomic E-state index is 11.4. The van der Waals surface area contributed by atoms with Crippen LogP contribution in [0.1, 0.15) is 21.7 Å². The van der Waals surface area contributed by atoms with E-state index in [1.165, 1.54) is 13.4 Å². The van der Waals surface area contributed by atoms with E-state index in [1.807, 2.05) is 20.2 Å². The number of carbonyl (C=O) groups excluding carboxylic acids is 1. The van der Waals surface area contributed by atoms with Crippen LogP contribution in [0.2, 0.25) is 0 Å². The van der Waals surface area contributed by atoms with E-state index in [1.54, 1.807) is 9.25 Å². The predicted octanol–water partition coefficient (Wildman–Crippen LogP) is 0.342. The first-order chi connectivity index (χ1) is 8.52. The lowest BCUT2D eigenvalue weighted by Gasteiger charge is -2.04. The Morgan fingerprint density at radius 2 is 2.28 bits per heavy atom. The third-order valence-corrected chi connectivity index (χ3v) is 2.71. The van der Waals surface area contributed by atoms with Crippen molar-refractivity contribution in [3.63, 3.8) is 0 Å². The lowest BCUT2D eigenvalue weighted by atomic mass is 10.2. The summed E-state index contributed by atoms with van der Waals surface area (Å²) in [6.07, 6.45) is 3.43. The predicted molar refractivity (Wildman–Crippen MR) is 65.0 cm³/mol. The van der Waals surface area contributed by atoms with Crippen LogP contribution in [0.3, 0.4) is 0 Å². The first kappa shape index (κ1) is 12.2. The van der Waals surface area contributed by atoms with E-state index in [-0.39, 0.29) is 5.69 Å². The van der Waals surface area contributed by atoms with Crippen LogP contribution in [-0.4, -0.2) is 32.4 Å². The average Bonchev–Trinajstić information content (AvgIpc) is 2.83. The molecule has 0 aliphatic heterocycles. The number of methoxy groups -OCH3 is 1. The molecule has 18 heavy (non-hydrogen) atoms. The Kier molecular flexibility index (Phi) is 3.05. The van der Waals surface area contributed by atoms with Gasteiger partial charge in [0.2, 0.25) is 0 Å². The minimum Gasteiger partial charge on any atom is -0.464 e. The lowest BCUT2D eigenvalue weighted by molar-refractivity contribution is 0.0596. The van der Waals surface area contributed by atoms with Crippen molar-refractivity contribution in [2.75, 3.05) is 12.8 Å². The number of nitrogens with zero attached hydrogens (tertiary/aromatic N) is 4. The first-order valence-corrected chi connectivity index (χ1v) is 5.41. The van der Waals surface area contributed by atoms with Gasteiger partial charge >= 0.3 is 5.97 Å². The molecule has 0 saturated carbocycles. The minimum atomic E-state index is -0.533. The van der Waals surface area contributed by atoms with E-state index in [0.29, 0.717) is 12.4 Å². The van der Waals surface area contributed by atoms with Crippen LogP contribution in [0.25, 0.3) is 0 Å². The summed E-state index contributed by atoms with van der Waals surface area (Å²) in [7, 11) is 3.15. The summed E-state index contributed by atoms with van der Waals surface area (Å²) >= 11 is 0. The normalized spacial score (nSPS) is 10.6. The summed E-state index contributed by atoms with van der Waals surface area (Å²) in [5.41, 5.74) is 7.94. The van der Waals surface area contributed by atoms with Gasteiger partial charge in [-0.15, -0.1) is 0 Å². The molecule has 0 radical (unpaired) electrons. The molecule has 0 atom stereocenters. The summed E-state index contributed by atoms with van der Waals surface area (Å²) in [4.78, 5) is 15.3. The van der Waals surface area contributed by atoms with Crippen LogP contribution in [0.4, 0.5) is 5.82 Å². The standard InChI is InChI=1S/C11H15N5O2/c1-7-8(4-15(2)14-7)5-16-6-13-9(10(16)12)11(17)18-3/h4,6H,5,12H2,1-3H3. The maximum atomic E-state index is 11.4. The van der Waals surface area contributed by atoms with E-state index >= 15 is 0 Å². The molecule has 2 aromatic rings. The van der Waals surface area contributed by atoms with Crippen molar-refractivity contribution in [2.24, 2.45) is 7.05 Å². The van der Waals surface area contributed by atoms with Crippen LogP contribution in [0.15, 0.2) is 12.5 Å². The minimum absolute atomic E-state index is 0.138. The molecular formula is C11H15N5O2. The van der Waals surface area contributed by atoms with Crippen molar-refractivity contribution < 1.29 is 9.53 Å². The second kappa shape index (κ2) is 4.52. The number of esters is 1. The lowest BCUT2D eigenvalue weighted by Crippen LogP contribution is -2.09. The van der Waals surface area contributed by atoms with Gasteiger partial charge in [-0.1, -0.05) is 0 Å². The Morgan fingerprint density at radius 1 is 1.56 bits per heavy atom. The number of hydrogen-bond donors (Lipinski definition) is 1. The zero-order valence-electron chi connectivity index (χ0n) is 10.5. The molecular weight excluding hydrogens is 234 g/mol. The molecule has 2 rings (SSSR count). The van der Waals surface area contributed by atoms with Crippen molar-refractivity contribution in [2.45, 2.75) is 13.5 Å². The molecule has 0 aliphatic carbocycles. The number of aryl methyl sites for hydroxylation is 2. The molecule has 0 amide bonds. The summed E-state index contributed by atoms with van der Waals surface area (Å²) in [6.45, 7) is 2.44. The Hall–Kier alpha value is -2.31. The first-order valence-electron chi connectivity index (χ1n) is 5.41. The van der Waals surface area contributed by atoms with Gasteiger partial charge in [-0.05, 0) is 6.92 Å². The highest BCUT2D eigenvalue weighted by Gasteiger charge is 2.16. The van der Waals surface area contributed by atoms with Crippen LogP contribution in [-0.2, 0) is 18.3 Å². The highest BCUT2D eigenvalue weighted by molar-refractivity contribution is 5.92. The van der Waals surface area contributed by atoms with Gasteiger partial charge in [0, 0.05) is 18.8 Å². The molecule has 0 fully saturated rings. The molecule has 0 spiro atoms. The molecule has 0 unspecified atom stereocenters. The summed E-state index contributed by atoms with van der Waals surface area (Å²) < 4.78 is 8.02. The molecule has 7 nitrogen and oxygen atoms in total. The average molecular weight is 249 g/mol. The topological polar surface area (TPSA) is 88.0 Å². The van der Waals surface area contributed by atoms with Crippen molar-refractivity contribution >= 4 is 11.8 Å². The molecule has 2 N–H and O–H groups in total. The number of nitrogen functional groups attached to an aromatic ring is 1. The SMILES string of the molecule is COC(=O)c1ncn(Cc2cn(C)nc2C)c1N. The van der Waals surface area contributed by atoms with Gasteiger partial charge in [-0.25, -0.2) is 9.78 Å². The molecule has 0 aromatic carbocycles. The number of aromatic nitrogens is 4. The number of carbonyl (C=O) groups is 1. The molecule has 96 valence electrons. The van der Waals surface area contributed by atoms with Gasteiger partial charge in [-0.3, -0.25) is 4.68 Å². The third kappa shape index (κ3) is 2.06. The monoisotopic (exact) mass is 249 g/mol. The van der Waals surface area contributed by atoms with Gasteiger partial charge in [-0.2, -0.15) is 5.10 Å². The Balaban J connectivity index is 2.28. The Labute approximate surface area is 104 Å². The van der Waals surface area contributed by atoms with Gasteiger partial charge in [0.05, 0.1) is 25.7 Å². The molecule has 0 bridgehead atoms. The smallest absolute Gasteiger partial charge is 0.360 e. The quantitative estimate of drug-likeness (QED) is 0.792. The second-order valence-electron chi connectivity index (χ2n) is 4.01. The summed E-state index contributed by atoms with van der Waals surface area (Å²) in [6, 6.07) is 0. The number of rotatable bonds is 3. The van der Waals surface area contributed by atoms with Crippen LogP contribution >= 0.6 is 0 Å². The van der Waals surface area contributed by atoms with Gasteiger partial charge < -0.3 is 15.0 Å². The highest BCUT2D eigenvalue weighted by Crippen LogP contribution is 2.15. The van der Waals surface area contributed by atoms with Crippen LogP contribution < -0.4 is 5.73 Å². The van der Waals surface area contributed by atoms with Gasteiger partial charge in [0.1, 0.15) is 5.82 Å². The van der Waals surface area contributed by atoms with Crippen LogP contribution in [0.5, 0.6) is 0 Å². The largest absolute Gasteiger partial charge is 0.464 e. The van der Waals surface area contributed by atoms with Gasteiger partial charge in [0.15, 0.2) is 5.69 Å². The number of ether oxygens (including phenoxy) is 1. The fourth-order valence-corrected chi connectivity index (χ4v) is 1.76. The molecule has 2 aromatic heterocycles. The fourth-order valence-electron chi connectivity index (χ4n) is 1.76.